The van der Waals surface area contributed by atoms with Crippen molar-refractivity contribution >= 4 is 11.6 Å². The summed E-state index contributed by atoms with van der Waals surface area (Å²) in [6.07, 6.45) is -0.641. The van der Waals surface area contributed by atoms with Gasteiger partial charge in [-0.1, -0.05) is 35.9 Å². The van der Waals surface area contributed by atoms with Crippen LogP contribution in [0, 0.1) is 5.82 Å². The summed E-state index contributed by atoms with van der Waals surface area (Å²) in [5.41, 5.74) is 1.25. The van der Waals surface area contributed by atoms with E-state index in [1.54, 1.807) is 18.2 Å². The first-order valence-corrected chi connectivity index (χ1v) is 9.22. The average Bonchev–Trinajstić information content (AvgIpc) is 2.64. The van der Waals surface area contributed by atoms with Crippen LogP contribution in [0.25, 0.3) is 0 Å². The quantitative estimate of drug-likeness (QED) is 0.803. The topological polar surface area (TPSA) is 35.9 Å². The number of ether oxygens (including phenoxy) is 1. The van der Waals surface area contributed by atoms with Crippen LogP contribution < -0.4 is 4.74 Å². The van der Waals surface area contributed by atoms with Crippen LogP contribution in [0.4, 0.5) is 4.39 Å². The van der Waals surface area contributed by atoms with E-state index in [1.807, 2.05) is 12.1 Å². The molecule has 3 rings (SSSR count). The molecule has 2 aromatic rings. The summed E-state index contributed by atoms with van der Waals surface area (Å²) in [6.45, 7) is 5.21. The van der Waals surface area contributed by atoms with E-state index in [-0.39, 0.29) is 12.4 Å². The van der Waals surface area contributed by atoms with Gasteiger partial charge in [-0.3, -0.25) is 9.80 Å². The summed E-state index contributed by atoms with van der Waals surface area (Å²) >= 11 is 5.92. The van der Waals surface area contributed by atoms with E-state index >= 15 is 0 Å². The Morgan fingerprint density at radius 1 is 1.00 bits per heavy atom. The molecule has 1 unspecified atom stereocenters. The zero-order chi connectivity index (χ0) is 18.4. The lowest BCUT2D eigenvalue weighted by Gasteiger charge is -2.35. The molecule has 2 aromatic carbocycles. The highest BCUT2D eigenvalue weighted by molar-refractivity contribution is 6.30. The molecule has 1 heterocycles. The molecule has 26 heavy (non-hydrogen) atoms. The van der Waals surface area contributed by atoms with Gasteiger partial charge in [0, 0.05) is 44.3 Å². The molecule has 0 aromatic heterocycles. The lowest BCUT2D eigenvalue weighted by molar-refractivity contribution is 0.0437. The molecule has 1 aliphatic rings. The summed E-state index contributed by atoms with van der Waals surface area (Å²) in [7, 11) is 0. The second-order valence-electron chi connectivity index (χ2n) is 6.60. The summed E-state index contributed by atoms with van der Waals surface area (Å²) < 4.78 is 18.9. The van der Waals surface area contributed by atoms with Gasteiger partial charge in [0.2, 0.25) is 0 Å². The third-order valence-corrected chi connectivity index (χ3v) is 4.77. The van der Waals surface area contributed by atoms with Crippen molar-refractivity contribution in [1.29, 1.82) is 0 Å². The Morgan fingerprint density at radius 3 is 2.35 bits per heavy atom. The van der Waals surface area contributed by atoms with Crippen molar-refractivity contribution in [2.75, 3.05) is 39.3 Å². The Hall–Kier alpha value is -1.66. The molecular formula is C20H24ClFN2O2. The SMILES string of the molecule is OC(COc1ccccc1F)CN1CCN(Cc2ccc(Cl)cc2)CC1. The van der Waals surface area contributed by atoms with Crippen LogP contribution in [-0.2, 0) is 6.54 Å². The van der Waals surface area contributed by atoms with E-state index < -0.39 is 11.9 Å². The zero-order valence-corrected chi connectivity index (χ0v) is 15.4. The standard InChI is InChI=1S/C20H24ClFN2O2/c21-17-7-5-16(6-8-17)13-23-9-11-24(12-10-23)14-18(25)15-26-20-4-2-1-3-19(20)22/h1-8,18,25H,9-15H2. The fourth-order valence-corrected chi connectivity index (χ4v) is 3.20. The monoisotopic (exact) mass is 378 g/mol. The molecule has 0 spiro atoms. The predicted molar refractivity (Wildman–Crippen MR) is 101 cm³/mol. The third kappa shape index (κ3) is 5.68. The number of hydrogen-bond donors (Lipinski definition) is 1. The van der Waals surface area contributed by atoms with Gasteiger partial charge in [-0.25, -0.2) is 4.39 Å². The van der Waals surface area contributed by atoms with E-state index in [9.17, 15) is 9.50 Å². The minimum atomic E-state index is -0.641. The molecule has 6 heteroatoms. The van der Waals surface area contributed by atoms with Gasteiger partial charge in [0.25, 0.3) is 0 Å². The minimum absolute atomic E-state index is 0.0892. The Morgan fingerprint density at radius 2 is 1.65 bits per heavy atom. The molecule has 1 atom stereocenters. The van der Waals surface area contributed by atoms with Crippen molar-refractivity contribution in [3.63, 3.8) is 0 Å². The Labute approximate surface area is 158 Å². The normalized spacial score (nSPS) is 17.2. The van der Waals surface area contributed by atoms with Gasteiger partial charge >= 0.3 is 0 Å². The maximum atomic E-state index is 13.5. The first kappa shape index (κ1) is 19.1. The van der Waals surface area contributed by atoms with Crippen molar-refractivity contribution in [2.24, 2.45) is 0 Å². The maximum Gasteiger partial charge on any atom is 0.165 e. The van der Waals surface area contributed by atoms with Crippen LogP contribution in [0.15, 0.2) is 48.5 Å². The van der Waals surface area contributed by atoms with E-state index in [0.29, 0.717) is 6.54 Å². The number of hydrogen-bond acceptors (Lipinski definition) is 4. The second-order valence-corrected chi connectivity index (χ2v) is 7.03. The molecule has 0 bridgehead atoms. The Kier molecular flexibility index (Phi) is 6.86. The van der Waals surface area contributed by atoms with Crippen LogP contribution in [-0.4, -0.2) is 60.3 Å². The molecule has 1 fully saturated rings. The minimum Gasteiger partial charge on any atom is -0.488 e. The zero-order valence-electron chi connectivity index (χ0n) is 14.7. The molecule has 1 saturated heterocycles. The van der Waals surface area contributed by atoms with Gasteiger partial charge in [-0.15, -0.1) is 0 Å². The molecule has 140 valence electrons. The van der Waals surface area contributed by atoms with Crippen molar-refractivity contribution in [1.82, 2.24) is 9.80 Å². The van der Waals surface area contributed by atoms with Crippen molar-refractivity contribution in [3.05, 3.63) is 64.9 Å². The number of β-amino-alcohol motifs (C(OH)–C–C–N with tert-alkyl or cyclic N) is 1. The van der Waals surface area contributed by atoms with Gasteiger partial charge in [0.1, 0.15) is 12.7 Å². The van der Waals surface area contributed by atoms with Crippen molar-refractivity contribution < 1.29 is 14.2 Å². The van der Waals surface area contributed by atoms with E-state index in [0.717, 1.165) is 37.7 Å². The van der Waals surface area contributed by atoms with E-state index in [2.05, 4.69) is 21.9 Å². The lowest BCUT2D eigenvalue weighted by atomic mass is 10.2. The van der Waals surface area contributed by atoms with Crippen molar-refractivity contribution in [2.45, 2.75) is 12.6 Å². The number of benzene rings is 2. The summed E-state index contributed by atoms with van der Waals surface area (Å²) in [5, 5.41) is 10.9. The van der Waals surface area contributed by atoms with Gasteiger partial charge in [0.05, 0.1) is 0 Å². The number of aliphatic hydroxyl groups excluding tert-OH is 1. The van der Waals surface area contributed by atoms with Gasteiger partial charge in [0.15, 0.2) is 11.6 Å². The molecule has 1 N–H and O–H groups in total. The fourth-order valence-electron chi connectivity index (χ4n) is 3.08. The van der Waals surface area contributed by atoms with Crippen LogP contribution >= 0.6 is 11.6 Å². The summed E-state index contributed by atoms with van der Waals surface area (Å²) in [4.78, 5) is 4.61. The number of rotatable bonds is 7. The van der Waals surface area contributed by atoms with E-state index in [4.69, 9.17) is 16.3 Å². The number of halogens is 2. The largest absolute Gasteiger partial charge is 0.488 e. The van der Waals surface area contributed by atoms with Crippen LogP contribution in [0.2, 0.25) is 5.02 Å². The molecular weight excluding hydrogens is 355 g/mol. The van der Waals surface area contributed by atoms with Gasteiger partial charge in [-0.05, 0) is 29.8 Å². The first-order chi connectivity index (χ1) is 12.6. The molecule has 0 aliphatic carbocycles. The summed E-state index contributed by atoms with van der Waals surface area (Å²) in [5.74, 6) is -0.227. The van der Waals surface area contributed by atoms with E-state index in [1.165, 1.54) is 11.6 Å². The highest BCUT2D eigenvalue weighted by atomic mass is 35.5. The van der Waals surface area contributed by atoms with Crippen LogP contribution in [0.5, 0.6) is 5.75 Å². The molecule has 0 radical (unpaired) electrons. The van der Waals surface area contributed by atoms with Crippen LogP contribution in [0.1, 0.15) is 5.56 Å². The second kappa shape index (κ2) is 9.33. The summed E-state index contributed by atoms with van der Waals surface area (Å²) in [6, 6.07) is 14.2. The Bertz CT molecular complexity index is 690. The van der Waals surface area contributed by atoms with Crippen LogP contribution in [0.3, 0.4) is 0 Å². The molecule has 0 amide bonds. The number of aliphatic hydroxyl groups is 1. The number of nitrogens with zero attached hydrogens (tertiary/aromatic N) is 2. The average molecular weight is 379 g/mol. The molecule has 0 saturated carbocycles. The lowest BCUT2D eigenvalue weighted by Crippen LogP contribution is -2.48. The smallest absolute Gasteiger partial charge is 0.165 e. The fraction of sp³-hybridized carbons (Fsp3) is 0.400. The highest BCUT2D eigenvalue weighted by Crippen LogP contribution is 2.16. The van der Waals surface area contributed by atoms with Gasteiger partial charge < -0.3 is 9.84 Å². The number of piperazine rings is 1. The molecule has 4 nitrogen and oxygen atoms in total. The van der Waals surface area contributed by atoms with Crippen molar-refractivity contribution in [3.8, 4) is 5.75 Å². The first-order valence-electron chi connectivity index (χ1n) is 8.85. The Balaban J connectivity index is 1.38. The maximum absolute atomic E-state index is 13.5. The number of para-hydroxylation sites is 1. The predicted octanol–water partition coefficient (Wildman–Crippen LogP) is 3.04. The van der Waals surface area contributed by atoms with Gasteiger partial charge in [-0.2, -0.15) is 0 Å². The third-order valence-electron chi connectivity index (χ3n) is 4.52. The highest BCUT2D eigenvalue weighted by Gasteiger charge is 2.19. The molecule has 1 aliphatic heterocycles.